The SMILES string of the molecule is CN1CCC[C@@H]1c1nc2ccc(NC(=O)c3ccc4c(cnn4-c4ccccn4)c3)cc2[nH]1. The van der Waals surface area contributed by atoms with Crippen LogP contribution in [0.5, 0.6) is 0 Å². The van der Waals surface area contributed by atoms with Crippen molar-refractivity contribution in [1.82, 2.24) is 29.6 Å². The number of carbonyl (C=O) groups is 1. The van der Waals surface area contributed by atoms with Crippen LogP contribution in [0.3, 0.4) is 0 Å². The van der Waals surface area contributed by atoms with Crippen molar-refractivity contribution >= 4 is 33.5 Å². The molecule has 0 aliphatic carbocycles. The van der Waals surface area contributed by atoms with Gasteiger partial charge in [0.25, 0.3) is 5.91 Å². The molecule has 5 aromatic rings. The number of pyridine rings is 1. The van der Waals surface area contributed by atoms with Gasteiger partial charge < -0.3 is 10.3 Å². The molecule has 1 saturated heterocycles. The van der Waals surface area contributed by atoms with Crippen LogP contribution in [0.15, 0.2) is 67.0 Å². The van der Waals surface area contributed by atoms with Crippen LogP contribution >= 0.6 is 0 Å². The van der Waals surface area contributed by atoms with Gasteiger partial charge in [-0.1, -0.05) is 6.07 Å². The second-order valence-corrected chi connectivity index (χ2v) is 8.46. The topological polar surface area (TPSA) is 91.7 Å². The number of aromatic nitrogens is 5. The Morgan fingerprint density at radius 1 is 1.15 bits per heavy atom. The predicted molar refractivity (Wildman–Crippen MR) is 128 cm³/mol. The summed E-state index contributed by atoms with van der Waals surface area (Å²) in [5.74, 6) is 1.56. The Balaban J connectivity index is 1.24. The summed E-state index contributed by atoms with van der Waals surface area (Å²) in [6.07, 6.45) is 5.78. The Labute approximate surface area is 190 Å². The first kappa shape index (κ1) is 19.6. The number of carbonyl (C=O) groups excluding carboxylic acids is 1. The summed E-state index contributed by atoms with van der Waals surface area (Å²) in [6.45, 7) is 1.09. The molecule has 4 heterocycles. The number of rotatable bonds is 4. The van der Waals surface area contributed by atoms with E-state index in [1.807, 2.05) is 54.6 Å². The summed E-state index contributed by atoms with van der Waals surface area (Å²) in [5.41, 5.74) is 4.03. The number of fused-ring (bicyclic) bond motifs is 2. The minimum absolute atomic E-state index is 0.169. The van der Waals surface area contributed by atoms with Gasteiger partial charge in [-0.25, -0.2) is 14.6 Å². The average molecular weight is 438 g/mol. The number of nitrogens with one attached hydrogen (secondary N) is 2. The van der Waals surface area contributed by atoms with Gasteiger partial charge in [0.2, 0.25) is 0 Å². The van der Waals surface area contributed by atoms with E-state index in [4.69, 9.17) is 4.98 Å². The Kier molecular flexibility index (Phi) is 4.66. The quantitative estimate of drug-likeness (QED) is 0.437. The molecule has 0 saturated carbocycles. The standard InChI is InChI=1S/C25H23N7O/c1-31-12-4-5-22(31)24-29-19-9-8-18(14-20(19)30-24)28-25(33)16-7-10-21-17(13-16)15-27-32(21)23-6-2-3-11-26-23/h2-3,6-11,13-15,22H,4-5,12H2,1H3,(H,28,33)(H,29,30)/t22-/m1/s1. The molecule has 0 spiro atoms. The van der Waals surface area contributed by atoms with Gasteiger partial charge in [-0.2, -0.15) is 5.10 Å². The molecule has 0 radical (unpaired) electrons. The van der Waals surface area contributed by atoms with E-state index in [1.54, 1.807) is 17.1 Å². The summed E-state index contributed by atoms with van der Waals surface area (Å²) in [5, 5.41) is 8.31. The first-order valence-corrected chi connectivity index (χ1v) is 11.1. The molecule has 33 heavy (non-hydrogen) atoms. The van der Waals surface area contributed by atoms with Crippen LogP contribution in [-0.2, 0) is 0 Å². The average Bonchev–Trinajstić information content (AvgIpc) is 3.56. The molecule has 2 aromatic carbocycles. The number of H-pyrrole nitrogens is 1. The molecule has 1 amide bonds. The van der Waals surface area contributed by atoms with Gasteiger partial charge in [0.1, 0.15) is 5.82 Å². The highest BCUT2D eigenvalue weighted by molar-refractivity contribution is 6.06. The monoisotopic (exact) mass is 437 g/mol. The lowest BCUT2D eigenvalue weighted by atomic mass is 10.1. The first-order chi connectivity index (χ1) is 16.2. The molecule has 8 heteroatoms. The van der Waals surface area contributed by atoms with E-state index in [-0.39, 0.29) is 5.91 Å². The van der Waals surface area contributed by atoms with Crippen molar-refractivity contribution < 1.29 is 4.79 Å². The van der Waals surface area contributed by atoms with E-state index < -0.39 is 0 Å². The normalized spacial score (nSPS) is 16.6. The van der Waals surface area contributed by atoms with Crippen LogP contribution in [-0.4, -0.2) is 49.1 Å². The van der Waals surface area contributed by atoms with Crippen LogP contribution in [0, 0.1) is 0 Å². The summed E-state index contributed by atoms with van der Waals surface area (Å²) in [7, 11) is 2.13. The van der Waals surface area contributed by atoms with Crippen molar-refractivity contribution in [2.24, 2.45) is 0 Å². The van der Waals surface area contributed by atoms with E-state index in [1.165, 1.54) is 6.42 Å². The van der Waals surface area contributed by atoms with Crippen molar-refractivity contribution in [2.45, 2.75) is 18.9 Å². The first-order valence-electron chi connectivity index (χ1n) is 11.1. The summed E-state index contributed by atoms with van der Waals surface area (Å²) in [4.78, 5) is 27.8. The molecule has 8 nitrogen and oxygen atoms in total. The Morgan fingerprint density at radius 2 is 2.09 bits per heavy atom. The van der Waals surface area contributed by atoms with E-state index in [0.29, 0.717) is 11.6 Å². The lowest BCUT2D eigenvalue weighted by Gasteiger charge is -2.16. The third-order valence-corrected chi connectivity index (χ3v) is 6.29. The van der Waals surface area contributed by atoms with Crippen molar-refractivity contribution in [3.05, 3.63) is 78.4 Å². The van der Waals surface area contributed by atoms with Gasteiger partial charge in [-0.3, -0.25) is 9.69 Å². The fraction of sp³-hybridized carbons (Fsp3) is 0.200. The number of aromatic amines is 1. The highest BCUT2D eigenvalue weighted by Crippen LogP contribution is 2.30. The number of benzene rings is 2. The maximum absolute atomic E-state index is 12.9. The van der Waals surface area contributed by atoms with E-state index in [0.717, 1.165) is 52.2 Å². The molecule has 6 rings (SSSR count). The maximum Gasteiger partial charge on any atom is 0.255 e. The molecule has 1 fully saturated rings. The largest absolute Gasteiger partial charge is 0.341 e. The zero-order valence-electron chi connectivity index (χ0n) is 18.2. The van der Waals surface area contributed by atoms with Crippen molar-refractivity contribution in [3.63, 3.8) is 0 Å². The number of likely N-dealkylation sites (tertiary alicyclic amines) is 1. The number of nitrogens with zero attached hydrogens (tertiary/aromatic N) is 5. The van der Waals surface area contributed by atoms with Gasteiger partial charge in [-0.05, 0) is 75.0 Å². The number of hydrogen-bond donors (Lipinski definition) is 2. The van der Waals surface area contributed by atoms with Gasteiger partial charge in [0.15, 0.2) is 5.82 Å². The zero-order valence-corrected chi connectivity index (χ0v) is 18.2. The predicted octanol–water partition coefficient (Wildman–Crippen LogP) is 4.32. The number of imidazole rings is 1. The Hall–Kier alpha value is -4.04. The molecule has 2 N–H and O–H groups in total. The fourth-order valence-electron chi connectivity index (χ4n) is 4.56. The number of anilines is 1. The van der Waals surface area contributed by atoms with Crippen molar-refractivity contribution in [2.75, 3.05) is 18.9 Å². The highest BCUT2D eigenvalue weighted by Gasteiger charge is 2.25. The third kappa shape index (κ3) is 3.54. The maximum atomic E-state index is 12.9. The van der Waals surface area contributed by atoms with Crippen LogP contribution in [0.2, 0.25) is 0 Å². The zero-order chi connectivity index (χ0) is 22.4. The third-order valence-electron chi connectivity index (χ3n) is 6.29. The summed E-state index contributed by atoms with van der Waals surface area (Å²) >= 11 is 0. The molecule has 1 atom stereocenters. The summed E-state index contributed by atoms with van der Waals surface area (Å²) < 4.78 is 1.77. The minimum Gasteiger partial charge on any atom is -0.341 e. The van der Waals surface area contributed by atoms with E-state index in [2.05, 4.69) is 32.3 Å². The lowest BCUT2D eigenvalue weighted by Crippen LogP contribution is -2.18. The van der Waals surface area contributed by atoms with Gasteiger partial charge in [0.05, 0.1) is 28.8 Å². The summed E-state index contributed by atoms with van der Waals surface area (Å²) in [6, 6.07) is 17.3. The number of hydrogen-bond acceptors (Lipinski definition) is 5. The molecule has 0 unspecified atom stereocenters. The number of amides is 1. The molecule has 164 valence electrons. The van der Waals surface area contributed by atoms with Crippen molar-refractivity contribution in [3.8, 4) is 5.82 Å². The van der Waals surface area contributed by atoms with Gasteiger partial charge >= 0.3 is 0 Å². The fourth-order valence-corrected chi connectivity index (χ4v) is 4.56. The smallest absolute Gasteiger partial charge is 0.255 e. The van der Waals surface area contributed by atoms with E-state index in [9.17, 15) is 4.79 Å². The van der Waals surface area contributed by atoms with Gasteiger partial charge in [0, 0.05) is 22.8 Å². The van der Waals surface area contributed by atoms with Crippen LogP contribution in [0.1, 0.15) is 35.1 Å². The molecule has 1 aliphatic rings. The second-order valence-electron chi connectivity index (χ2n) is 8.46. The van der Waals surface area contributed by atoms with Gasteiger partial charge in [-0.15, -0.1) is 0 Å². The highest BCUT2D eigenvalue weighted by atomic mass is 16.1. The minimum atomic E-state index is -0.169. The van der Waals surface area contributed by atoms with Crippen LogP contribution < -0.4 is 5.32 Å². The molecule has 3 aromatic heterocycles. The van der Waals surface area contributed by atoms with Crippen LogP contribution in [0.25, 0.3) is 27.8 Å². The lowest BCUT2D eigenvalue weighted by molar-refractivity contribution is 0.102. The van der Waals surface area contributed by atoms with E-state index >= 15 is 0 Å². The molecular formula is C25H23N7O. The Morgan fingerprint density at radius 3 is 2.91 bits per heavy atom. The molecular weight excluding hydrogens is 414 g/mol. The van der Waals surface area contributed by atoms with Crippen molar-refractivity contribution in [1.29, 1.82) is 0 Å². The molecule has 0 bridgehead atoms. The molecule has 1 aliphatic heterocycles. The Bertz CT molecular complexity index is 1470. The van der Waals surface area contributed by atoms with Crippen LogP contribution in [0.4, 0.5) is 5.69 Å². The second kappa shape index (κ2) is 7.83.